The standard InChI is InChI=1S/C20H13F2N3/c21-10-8-15(22)19-16(9-10)24-20(25-19)14-7-3-6-13-17(14)11-4-1-2-5-12(11)18(13)23/h1-9,18H,23H2,(H,24,25)/t18-/m1/s1. The lowest BCUT2D eigenvalue weighted by molar-refractivity contribution is 0.591. The molecular formula is C20H13F2N3. The maximum atomic E-state index is 14.0. The van der Waals surface area contributed by atoms with Gasteiger partial charge in [-0.15, -0.1) is 0 Å². The van der Waals surface area contributed by atoms with E-state index in [-0.39, 0.29) is 11.6 Å². The summed E-state index contributed by atoms with van der Waals surface area (Å²) in [6.45, 7) is 0. The Labute approximate surface area is 142 Å². The second-order valence-electron chi connectivity index (χ2n) is 6.20. The third kappa shape index (κ3) is 1.96. The Morgan fingerprint density at radius 2 is 1.68 bits per heavy atom. The van der Waals surface area contributed by atoms with Crippen LogP contribution in [0.1, 0.15) is 17.2 Å². The van der Waals surface area contributed by atoms with Crippen molar-refractivity contribution in [2.24, 2.45) is 5.73 Å². The molecule has 0 radical (unpaired) electrons. The highest BCUT2D eigenvalue weighted by atomic mass is 19.1. The molecule has 1 aromatic heterocycles. The molecule has 1 atom stereocenters. The second kappa shape index (κ2) is 4.97. The summed E-state index contributed by atoms with van der Waals surface area (Å²) in [5.74, 6) is -0.812. The number of benzene rings is 3. The van der Waals surface area contributed by atoms with Crippen LogP contribution in [0.4, 0.5) is 8.78 Å². The van der Waals surface area contributed by atoms with Crippen molar-refractivity contribution in [3.8, 4) is 22.5 Å². The van der Waals surface area contributed by atoms with Gasteiger partial charge in [-0.3, -0.25) is 0 Å². The topological polar surface area (TPSA) is 54.7 Å². The first-order valence-corrected chi connectivity index (χ1v) is 7.96. The summed E-state index contributed by atoms with van der Waals surface area (Å²) in [7, 11) is 0. The van der Waals surface area contributed by atoms with Gasteiger partial charge in [0.2, 0.25) is 0 Å². The minimum atomic E-state index is -0.679. The molecule has 1 aliphatic carbocycles. The Bertz CT molecular complexity index is 1150. The summed E-state index contributed by atoms with van der Waals surface area (Å²) in [6.07, 6.45) is 0. The predicted molar refractivity (Wildman–Crippen MR) is 92.9 cm³/mol. The molecule has 3 N–H and O–H groups in total. The first-order chi connectivity index (χ1) is 12.1. The van der Waals surface area contributed by atoms with Crippen molar-refractivity contribution in [1.82, 2.24) is 9.97 Å². The summed E-state index contributed by atoms with van der Waals surface area (Å²) >= 11 is 0. The molecule has 0 bridgehead atoms. The lowest BCUT2D eigenvalue weighted by Gasteiger charge is -2.08. The van der Waals surface area contributed by atoms with E-state index in [0.29, 0.717) is 11.3 Å². The number of nitrogens with one attached hydrogen (secondary N) is 1. The molecule has 0 fully saturated rings. The third-order valence-corrected chi connectivity index (χ3v) is 4.76. The fourth-order valence-corrected chi connectivity index (χ4v) is 3.66. The molecule has 0 spiro atoms. The van der Waals surface area contributed by atoms with Gasteiger partial charge in [-0.2, -0.15) is 0 Å². The Hall–Kier alpha value is -3.05. The van der Waals surface area contributed by atoms with Crippen molar-refractivity contribution < 1.29 is 8.78 Å². The second-order valence-corrected chi connectivity index (χ2v) is 6.20. The van der Waals surface area contributed by atoms with Gasteiger partial charge in [0, 0.05) is 11.6 Å². The number of nitrogens with zero attached hydrogens (tertiary/aromatic N) is 1. The third-order valence-electron chi connectivity index (χ3n) is 4.76. The van der Waals surface area contributed by atoms with Crippen LogP contribution in [0.2, 0.25) is 0 Å². The van der Waals surface area contributed by atoms with E-state index < -0.39 is 11.6 Å². The van der Waals surface area contributed by atoms with Crippen LogP contribution in [0.3, 0.4) is 0 Å². The first-order valence-electron chi connectivity index (χ1n) is 7.96. The van der Waals surface area contributed by atoms with E-state index in [1.54, 1.807) is 0 Å². The highest BCUT2D eigenvalue weighted by molar-refractivity contribution is 5.91. The van der Waals surface area contributed by atoms with E-state index in [4.69, 9.17) is 5.73 Å². The number of rotatable bonds is 1. The summed E-state index contributed by atoms with van der Waals surface area (Å²) < 4.78 is 27.5. The smallest absolute Gasteiger partial charge is 0.153 e. The number of aromatic amines is 1. The Kier molecular flexibility index (Phi) is 2.85. The molecule has 3 nitrogen and oxygen atoms in total. The number of aromatic nitrogens is 2. The van der Waals surface area contributed by atoms with Gasteiger partial charge in [0.1, 0.15) is 17.2 Å². The number of hydrogen-bond donors (Lipinski definition) is 2. The number of nitrogens with two attached hydrogens (primary N) is 1. The molecule has 0 amide bonds. The largest absolute Gasteiger partial charge is 0.338 e. The number of imidazole rings is 1. The molecule has 1 aliphatic rings. The highest BCUT2D eigenvalue weighted by Gasteiger charge is 2.28. The SMILES string of the molecule is N[C@@H]1c2ccccc2-c2c(-c3nc4c(F)cc(F)cc4[nH]3)cccc21. The molecule has 4 aromatic rings. The first kappa shape index (κ1) is 14.3. The van der Waals surface area contributed by atoms with Crippen LogP contribution in [0.15, 0.2) is 54.6 Å². The Balaban J connectivity index is 1.80. The maximum absolute atomic E-state index is 14.0. The van der Waals surface area contributed by atoms with Crippen LogP contribution in [0, 0.1) is 11.6 Å². The van der Waals surface area contributed by atoms with Crippen molar-refractivity contribution in [2.45, 2.75) is 6.04 Å². The van der Waals surface area contributed by atoms with Crippen molar-refractivity contribution in [2.75, 3.05) is 0 Å². The highest BCUT2D eigenvalue weighted by Crippen LogP contribution is 2.46. The molecule has 0 unspecified atom stereocenters. The quantitative estimate of drug-likeness (QED) is 0.537. The zero-order chi connectivity index (χ0) is 17.1. The zero-order valence-corrected chi connectivity index (χ0v) is 13.1. The fourth-order valence-electron chi connectivity index (χ4n) is 3.66. The molecule has 0 aliphatic heterocycles. The van der Waals surface area contributed by atoms with Crippen molar-refractivity contribution in [3.63, 3.8) is 0 Å². The predicted octanol–water partition coefficient (Wildman–Crippen LogP) is 4.54. The molecule has 122 valence electrons. The molecule has 1 heterocycles. The van der Waals surface area contributed by atoms with Gasteiger partial charge < -0.3 is 10.7 Å². The molecule has 0 saturated heterocycles. The van der Waals surface area contributed by atoms with E-state index in [1.807, 2.05) is 42.5 Å². The number of halogens is 2. The maximum Gasteiger partial charge on any atom is 0.153 e. The molecule has 3 aromatic carbocycles. The van der Waals surface area contributed by atoms with Gasteiger partial charge in [-0.05, 0) is 28.3 Å². The number of hydrogen-bond acceptors (Lipinski definition) is 2. The zero-order valence-electron chi connectivity index (χ0n) is 13.1. The average Bonchev–Trinajstić information content (AvgIpc) is 3.16. The molecule has 5 rings (SSSR count). The van der Waals surface area contributed by atoms with Crippen molar-refractivity contribution in [1.29, 1.82) is 0 Å². The van der Waals surface area contributed by atoms with E-state index in [9.17, 15) is 8.78 Å². The van der Waals surface area contributed by atoms with Crippen molar-refractivity contribution >= 4 is 11.0 Å². The van der Waals surface area contributed by atoms with E-state index >= 15 is 0 Å². The van der Waals surface area contributed by atoms with Crippen molar-refractivity contribution in [3.05, 3.63) is 77.4 Å². The van der Waals surface area contributed by atoms with Crippen LogP contribution in [0.25, 0.3) is 33.5 Å². The van der Waals surface area contributed by atoms with Crippen LogP contribution in [-0.2, 0) is 0 Å². The monoisotopic (exact) mass is 333 g/mol. The molecule has 0 saturated carbocycles. The summed E-state index contributed by atoms with van der Waals surface area (Å²) in [6, 6.07) is 15.7. The van der Waals surface area contributed by atoms with Crippen LogP contribution < -0.4 is 5.73 Å². The van der Waals surface area contributed by atoms with Crippen LogP contribution in [-0.4, -0.2) is 9.97 Å². The lowest BCUT2D eigenvalue weighted by atomic mass is 9.99. The summed E-state index contributed by atoms with van der Waals surface area (Å²) in [5, 5.41) is 0. The van der Waals surface area contributed by atoms with Gasteiger partial charge in [-0.1, -0.05) is 42.5 Å². The van der Waals surface area contributed by atoms with E-state index in [1.165, 1.54) is 6.07 Å². The van der Waals surface area contributed by atoms with Gasteiger partial charge >= 0.3 is 0 Å². The summed E-state index contributed by atoms with van der Waals surface area (Å²) in [4.78, 5) is 7.40. The Morgan fingerprint density at radius 3 is 2.56 bits per heavy atom. The summed E-state index contributed by atoms with van der Waals surface area (Å²) in [5.41, 5.74) is 11.8. The minimum Gasteiger partial charge on any atom is -0.338 e. The Morgan fingerprint density at radius 1 is 0.920 bits per heavy atom. The lowest BCUT2D eigenvalue weighted by Crippen LogP contribution is -2.07. The molecular weight excluding hydrogens is 320 g/mol. The fraction of sp³-hybridized carbons (Fsp3) is 0.0500. The van der Waals surface area contributed by atoms with Crippen LogP contribution in [0.5, 0.6) is 0 Å². The van der Waals surface area contributed by atoms with Gasteiger partial charge in [-0.25, -0.2) is 13.8 Å². The van der Waals surface area contributed by atoms with E-state index in [0.717, 1.165) is 33.9 Å². The average molecular weight is 333 g/mol. The minimum absolute atomic E-state index is 0.129. The number of H-pyrrole nitrogens is 1. The van der Waals surface area contributed by atoms with Gasteiger partial charge in [0.05, 0.1) is 11.6 Å². The van der Waals surface area contributed by atoms with Gasteiger partial charge in [0.25, 0.3) is 0 Å². The number of fused-ring (bicyclic) bond motifs is 4. The molecule has 5 heteroatoms. The van der Waals surface area contributed by atoms with Crippen LogP contribution >= 0.6 is 0 Å². The normalized spacial score (nSPS) is 15.4. The van der Waals surface area contributed by atoms with Gasteiger partial charge in [0.15, 0.2) is 5.82 Å². The van der Waals surface area contributed by atoms with E-state index in [2.05, 4.69) is 9.97 Å². The molecule has 25 heavy (non-hydrogen) atoms.